The topological polar surface area (TPSA) is 85.4 Å². The van der Waals surface area contributed by atoms with Crippen molar-refractivity contribution in [3.63, 3.8) is 0 Å². The van der Waals surface area contributed by atoms with Crippen molar-refractivity contribution in [2.24, 2.45) is 11.8 Å². The Morgan fingerprint density at radius 1 is 1.50 bits per heavy atom. The number of nitrogens with zero attached hydrogens (tertiary/aromatic N) is 4. The summed E-state index contributed by atoms with van der Waals surface area (Å²) in [5.74, 6) is 1.42. The monoisotopic (exact) mass is 359 g/mol. The molecule has 1 N–H and O–H groups in total. The van der Waals surface area contributed by atoms with Gasteiger partial charge in [0.05, 0.1) is 38.1 Å². The van der Waals surface area contributed by atoms with Crippen molar-refractivity contribution < 1.29 is 13.9 Å². The van der Waals surface area contributed by atoms with Gasteiger partial charge in [0.2, 0.25) is 5.91 Å². The fourth-order valence-electron chi connectivity index (χ4n) is 4.20. The van der Waals surface area contributed by atoms with Crippen molar-refractivity contribution in [1.29, 1.82) is 0 Å². The Bertz CT molecular complexity index is 729. The average molecular weight is 359 g/mol. The number of hydrogen-bond donors (Lipinski definition) is 1. The minimum atomic E-state index is 0.0646. The van der Waals surface area contributed by atoms with Crippen molar-refractivity contribution in [3.8, 4) is 0 Å². The predicted molar refractivity (Wildman–Crippen MR) is 92.9 cm³/mol. The van der Waals surface area contributed by atoms with E-state index in [0.29, 0.717) is 25.1 Å². The minimum absolute atomic E-state index is 0.0646. The van der Waals surface area contributed by atoms with Gasteiger partial charge in [-0.05, 0) is 37.4 Å². The second kappa shape index (κ2) is 7.59. The number of piperidine rings is 3. The zero-order chi connectivity index (χ0) is 17.9. The van der Waals surface area contributed by atoms with Crippen molar-refractivity contribution >= 4 is 5.91 Å². The highest BCUT2D eigenvalue weighted by Gasteiger charge is 2.43. The van der Waals surface area contributed by atoms with Gasteiger partial charge in [-0.25, -0.2) is 0 Å². The van der Waals surface area contributed by atoms with Crippen LogP contribution in [0.25, 0.3) is 0 Å². The number of fused-ring (bicyclic) bond motifs is 3. The lowest BCUT2D eigenvalue weighted by Gasteiger charge is -2.49. The van der Waals surface area contributed by atoms with Crippen molar-refractivity contribution in [1.82, 2.24) is 25.2 Å². The number of amides is 1. The zero-order valence-corrected chi connectivity index (χ0v) is 15.0. The van der Waals surface area contributed by atoms with Gasteiger partial charge in [-0.15, -0.1) is 5.10 Å². The van der Waals surface area contributed by atoms with Crippen LogP contribution >= 0.6 is 0 Å². The minimum Gasteiger partial charge on any atom is -0.467 e. The summed E-state index contributed by atoms with van der Waals surface area (Å²) in [6.45, 7) is 3.62. The molecular formula is C18H25N5O3. The van der Waals surface area contributed by atoms with Crippen LogP contribution in [0.4, 0.5) is 0 Å². The summed E-state index contributed by atoms with van der Waals surface area (Å²) < 4.78 is 12.3. The van der Waals surface area contributed by atoms with Crippen LogP contribution in [0.5, 0.6) is 0 Å². The van der Waals surface area contributed by atoms with Gasteiger partial charge in [0.15, 0.2) is 0 Å². The van der Waals surface area contributed by atoms with E-state index in [1.54, 1.807) is 13.4 Å². The summed E-state index contributed by atoms with van der Waals surface area (Å²) in [4.78, 5) is 15.0. The molecule has 2 bridgehead atoms. The maximum atomic E-state index is 12.6. The highest BCUT2D eigenvalue weighted by atomic mass is 16.5. The smallest absolute Gasteiger partial charge is 0.225 e. The lowest BCUT2D eigenvalue weighted by atomic mass is 9.75. The third-order valence-electron chi connectivity index (χ3n) is 5.51. The SMILES string of the molecule is COCc1cn(C[C@H]2C[C@H]3CCN2C[C@@H]3C(=O)NCc2ccco2)nn1. The standard InChI is InChI=1S/C18H25N5O3/c1-25-12-14-9-23(21-20-14)10-15-7-13-4-5-22(15)11-17(13)18(24)19-8-16-3-2-6-26-16/h2-3,6,9,13,15,17H,4-5,7-8,10-12H2,1H3,(H,19,24)/t13-,15-,17+/m1/s1. The third kappa shape index (κ3) is 3.66. The summed E-state index contributed by atoms with van der Waals surface area (Å²) in [6.07, 6.45) is 5.68. The predicted octanol–water partition coefficient (Wildman–Crippen LogP) is 1.04. The number of nitrogens with one attached hydrogen (secondary N) is 1. The fourth-order valence-corrected chi connectivity index (χ4v) is 4.20. The van der Waals surface area contributed by atoms with Crippen LogP contribution in [0, 0.1) is 11.8 Å². The van der Waals surface area contributed by atoms with E-state index in [2.05, 4.69) is 20.5 Å². The van der Waals surface area contributed by atoms with Crippen molar-refractivity contribution in [2.45, 2.75) is 38.6 Å². The first-order valence-electron chi connectivity index (χ1n) is 9.15. The van der Waals surface area contributed by atoms with Crippen LogP contribution in [0.2, 0.25) is 0 Å². The number of carbonyl (C=O) groups is 1. The van der Waals surface area contributed by atoms with Gasteiger partial charge in [0.25, 0.3) is 0 Å². The molecule has 8 heteroatoms. The molecule has 5 heterocycles. The third-order valence-corrected chi connectivity index (χ3v) is 5.51. The molecule has 0 radical (unpaired) electrons. The summed E-state index contributed by atoms with van der Waals surface area (Å²) in [7, 11) is 1.65. The number of ether oxygens (including phenoxy) is 1. The molecule has 0 spiro atoms. The lowest BCUT2D eigenvalue weighted by molar-refractivity contribution is -0.133. The Hall–Kier alpha value is -2.19. The summed E-state index contributed by atoms with van der Waals surface area (Å²) in [5, 5.41) is 11.3. The molecule has 3 fully saturated rings. The van der Waals surface area contributed by atoms with E-state index >= 15 is 0 Å². The van der Waals surface area contributed by atoms with E-state index in [1.807, 2.05) is 23.0 Å². The summed E-state index contributed by atoms with van der Waals surface area (Å²) >= 11 is 0. The van der Waals surface area contributed by atoms with E-state index in [1.165, 1.54) is 0 Å². The van der Waals surface area contributed by atoms with Gasteiger partial charge >= 0.3 is 0 Å². The molecule has 2 aromatic rings. The quantitative estimate of drug-likeness (QED) is 0.795. The van der Waals surface area contributed by atoms with Gasteiger partial charge in [0, 0.05) is 19.7 Å². The normalized spacial score (nSPS) is 27.6. The van der Waals surface area contributed by atoms with Gasteiger partial charge in [0.1, 0.15) is 11.5 Å². The van der Waals surface area contributed by atoms with Gasteiger partial charge in [-0.1, -0.05) is 5.21 Å². The fraction of sp³-hybridized carbons (Fsp3) is 0.611. The molecule has 4 atom stereocenters. The Kier molecular flexibility index (Phi) is 5.03. The van der Waals surface area contributed by atoms with Crippen molar-refractivity contribution in [2.75, 3.05) is 20.2 Å². The number of aromatic nitrogens is 3. The Balaban J connectivity index is 1.32. The van der Waals surface area contributed by atoms with Crippen LogP contribution in [0.3, 0.4) is 0 Å². The van der Waals surface area contributed by atoms with Crippen LogP contribution in [-0.2, 0) is 29.2 Å². The Labute approximate surface area is 152 Å². The molecule has 2 aromatic heterocycles. The molecule has 1 unspecified atom stereocenters. The molecule has 8 nitrogen and oxygen atoms in total. The summed E-state index contributed by atoms with van der Waals surface area (Å²) in [6, 6.07) is 4.13. The molecule has 0 saturated carbocycles. The van der Waals surface area contributed by atoms with E-state index in [0.717, 1.165) is 43.9 Å². The maximum Gasteiger partial charge on any atom is 0.225 e. The highest BCUT2D eigenvalue weighted by molar-refractivity contribution is 5.79. The molecular weight excluding hydrogens is 334 g/mol. The number of rotatable bonds is 7. The maximum absolute atomic E-state index is 12.6. The summed E-state index contributed by atoms with van der Waals surface area (Å²) in [5.41, 5.74) is 0.846. The lowest BCUT2D eigenvalue weighted by Crippen LogP contribution is -2.57. The first-order chi connectivity index (χ1) is 12.7. The molecule has 26 heavy (non-hydrogen) atoms. The molecule has 3 aliphatic heterocycles. The van der Waals surface area contributed by atoms with Crippen LogP contribution in [-0.4, -0.2) is 52.0 Å². The number of methoxy groups -OCH3 is 1. The van der Waals surface area contributed by atoms with Crippen LogP contribution in [0.1, 0.15) is 24.3 Å². The Morgan fingerprint density at radius 2 is 2.42 bits per heavy atom. The molecule has 1 amide bonds. The first-order valence-corrected chi connectivity index (χ1v) is 9.15. The largest absolute Gasteiger partial charge is 0.467 e. The number of carbonyl (C=O) groups excluding carboxylic acids is 1. The highest BCUT2D eigenvalue weighted by Crippen LogP contribution is 2.36. The molecule has 140 valence electrons. The second-order valence-electron chi connectivity index (χ2n) is 7.20. The average Bonchev–Trinajstić information content (AvgIpc) is 3.33. The van der Waals surface area contributed by atoms with E-state index < -0.39 is 0 Å². The van der Waals surface area contributed by atoms with Gasteiger partial charge in [-0.3, -0.25) is 14.4 Å². The number of furan rings is 1. The van der Waals surface area contributed by atoms with E-state index in [9.17, 15) is 4.79 Å². The van der Waals surface area contributed by atoms with E-state index in [4.69, 9.17) is 9.15 Å². The first kappa shape index (κ1) is 17.2. The van der Waals surface area contributed by atoms with Crippen LogP contribution in [0.15, 0.2) is 29.0 Å². The Morgan fingerprint density at radius 3 is 3.15 bits per heavy atom. The van der Waals surface area contributed by atoms with Gasteiger partial charge < -0.3 is 14.5 Å². The van der Waals surface area contributed by atoms with Gasteiger partial charge in [-0.2, -0.15) is 0 Å². The zero-order valence-electron chi connectivity index (χ0n) is 15.0. The number of hydrogen-bond acceptors (Lipinski definition) is 6. The van der Waals surface area contributed by atoms with E-state index in [-0.39, 0.29) is 11.8 Å². The molecule has 3 aliphatic rings. The van der Waals surface area contributed by atoms with Crippen molar-refractivity contribution in [3.05, 3.63) is 36.0 Å². The molecule has 5 rings (SSSR count). The molecule has 3 saturated heterocycles. The van der Waals surface area contributed by atoms with Crippen LogP contribution < -0.4 is 5.32 Å². The molecule has 0 aromatic carbocycles. The molecule has 0 aliphatic carbocycles. The second-order valence-corrected chi connectivity index (χ2v) is 7.20.